The van der Waals surface area contributed by atoms with Crippen LogP contribution in [0.15, 0.2) is 34.9 Å². The first-order valence-electron chi connectivity index (χ1n) is 11.3. The molecule has 32 heavy (non-hydrogen) atoms. The van der Waals surface area contributed by atoms with Gasteiger partial charge in [0.15, 0.2) is 0 Å². The number of carbonyl (C=O) groups excluding carboxylic acids is 2. The van der Waals surface area contributed by atoms with Gasteiger partial charge in [0.1, 0.15) is 12.1 Å². The number of rotatable bonds is 15. The number of hydrogen-bond donors (Lipinski definition) is 3. The number of hydrogen-bond acceptors (Lipinski definition) is 4. The van der Waals surface area contributed by atoms with Gasteiger partial charge in [-0.05, 0) is 59.3 Å². The van der Waals surface area contributed by atoms with E-state index in [1.54, 1.807) is 13.8 Å². The van der Waals surface area contributed by atoms with Crippen molar-refractivity contribution >= 4 is 29.5 Å². The summed E-state index contributed by atoms with van der Waals surface area (Å²) < 4.78 is 0. The summed E-state index contributed by atoms with van der Waals surface area (Å²) in [6.07, 6.45) is 10.8. The molecular weight excluding hydrogens is 424 g/mol. The number of aliphatic carboxylic acids is 1. The molecule has 0 unspecified atom stereocenters. The minimum Gasteiger partial charge on any atom is -0.480 e. The zero-order valence-corrected chi connectivity index (χ0v) is 21.6. The average Bonchev–Trinajstić information content (AvgIpc) is 2.67. The predicted octanol–water partition coefficient (Wildman–Crippen LogP) is 4.87. The summed E-state index contributed by atoms with van der Waals surface area (Å²) in [5, 5.41) is 14.6. The minimum atomic E-state index is -1.08. The Balaban J connectivity index is 4.50. The fourth-order valence-electron chi connectivity index (χ4n) is 2.92. The van der Waals surface area contributed by atoms with Crippen molar-refractivity contribution in [3.63, 3.8) is 0 Å². The molecule has 2 atom stereocenters. The molecular formula is C25H42N2O4S. The average molecular weight is 467 g/mol. The number of nitrogens with one attached hydrogen (secondary N) is 2. The molecule has 6 nitrogen and oxygen atoms in total. The normalized spacial score (nSPS) is 14.0. The molecule has 0 aromatic rings. The number of amides is 2. The van der Waals surface area contributed by atoms with E-state index in [1.165, 1.54) is 35.4 Å². The van der Waals surface area contributed by atoms with Crippen molar-refractivity contribution in [1.82, 2.24) is 10.6 Å². The van der Waals surface area contributed by atoms with Crippen molar-refractivity contribution in [2.75, 3.05) is 11.5 Å². The van der Waals surface area contributed by atoms with Gasteiger partial charge in [-0.25, -0.2) is 4.79 Å². The van der Waals surface area contributed by atoms with Crippen LogP contribution in [0.1, 0.15) is 74.1 Å². The lowest BCUT2D eigenvalue weighted by atomic mass is 10.0. The van der Waals surface area contributed by atoms with Crippen molar-refractivity contribution < 1.29 is 19.5 Å². The maximum absolute atomic E-state index is 12.4. The van der Waals surface area contributed by atoms with Crippen LogP contribution in [0.4, 0.5) is 0 Å². The van der Waals surface area contributed by atoms with Crippen molar-refractivity contribution in [2.24, 2.45) is 5.92 Å². The zero-order valence-electron chi connectivity index (χ0n) is 20.8. The van der Waals surface area contributed by atoms with E-state index in [0.29, 0.717) is 5.75 Å². The Bertz CT molecular complexity index is 707. The van der Waals surface area contributed by atoms with E-state index < -0.39 is 24.0 Å². The Morgan fingerprint density at radius 2 is 1.44 bits per heavy atom. The molecule has 0 saturated carbocycles. The van der Waals surface area contributed by atoms with Gasteiger partial charge in [0.25, 0.3) is 0 Å². The van der Waals surface area contributed by atoms with Gasteiger partial charge in [0.2, 0.25) is 11.8 Å². The zero-order chi connectivity index (χ0) is 24.7. The lowest BCUT2D eigenvalue weighted by molar-refractivity contribution is -0.141. The highest BCUT2D eigenvalue weighted by molar-refractivity contribution is 7.99. The monoisotopic (exact) mass is 466 g/mol. The van der Waals surface area contributed by atoms with Crippen LogP contribution < -0.4 is 10.6 Å². The van der Waals surface area contributed by atoms with E-state index in [1.807, 2.05) is 0 Å². The lowest BCUT2D eigenvalue weighted by Crippen LogP contribution is -2.54. The lowest BCUT2D eigenvalue weighted by Gasteiger charge is -2.23. The maximum Gasteiger partial charge on any atom is 0.327 e. The minimum absolute atomic E-state index is 0.142. The van der Waals surface area contributed by atoms with Gasteiger partial charge < -0.3 is 15.7 Å². The van der Waals surface area contributed by atoms with Gasteiger partial charge in [-0.15, -0.1) is 0 Å². The highest BCUT2D eigenvalue weighted by atomic mass is 32.2. The highest BCUT2D eigenvalue weighted by Crippen LogP contribution is 2.13. The standard InChI is InChI=1S/C25H42N2O4S/c1-17(2)10-8-11-19(5)12-9-13-20(6)14-15-32-16-22(25(30)31)27-24(29)23(18(3)4)26-21(7)28/h10,12,14,18,22-23H,8-9,11,13,15-16H2,1-7H3,(H,26,28)(H,27,29)(H,30,31)/b19-12+,20-14+/t22-,23-/m0/s1. The summed E-state index contributed by atoms with van der Waals surface area (Å²) >= 11 is 1.47. The largest absolute Gasteiger partial charge is 0.480 e. The summed E-state index contributed by atoms with van der Waals surface area (Å²) in [5.41, 5.74) is 4.03. The Labute approximate surface area is 198 Å². The van der Waals surface area contributed by atoms with E-state index in [4.69, 9.17) is 0 Å². The van der Waals surface area contributed by atoms with Crippen molar-refractivity contribution in [3.05, 3.63) is 34.9 Å². The van der Waals surface area contributed by atoms with E-state index in [-0.39, 0.29) is 17.6 Å². The van der Waals surface area contributed by atoms with E-state index in [0.717, 1.165) is 25.7 Å². The quantitative estimate of drug-likeness (QED) is 0.236. The molecule has 7 heteroatoms. The molecule has 0 aliphatic heterocycles. The molecule has 0 aliphatic carbocycles. The van der Waals surface area contributed by atoms with E-state index in [2.05, 4.69) is 56.6 Å². The number of carboxylic acid groups (broad SMARTS) is 1. The van der Waals surface area contributed by atoms with Gasteiger partial charge in [-0.1, -0.05) is 48.8 Å². The van der Waals surface area contributed by atoms with Crippen molar-refractivity contribution in [1.29, 1.82) is 0 Å². The van der Waals surface area contributed by atoms with Crippen LogP contribution >= 0.6 is 11.8 Å². The Hall–Kier alpha value is -2.02. The number of thioether (sulfide) groups is 1. The first-order chi connectivity index (χ1) is 14.9. The Morgan fingerprint density at radius 3 is 1.94 bits per heavy atom. The van der Waals surface area contributed by atoms with Gasteiger partial charge in [-0.3, -0.25) is 9.59 Å². The van der Waals surface area contributed by atoms with Crippen molar-refractivity contribution in [3.8, 4) is 0 Å². The molecule has 0 radical (unpaired) electrons. The second-order valence-corrected chi connectivity index (χ2v) is 9.89. The molecule has 182 valence electrons. The molecule has 0 rings (SSSR count). The molecule has 2 amide bonds. The summed E-state index contributed by atoms with van der Waals surface area (Å²) in [6.45, 7) is 13.4. The fraction of sp³-hybridized carbons (Fsp3) is 0.640. The van der Waals surface area contributed by atoms with Gasteiger partial charge in [-0.2, -0.15) is 11.8 Å². The molecule has 0 heterocycles. The third-order valence-corrected chi connectivity index (χ3v) is 5.85. The van der Waals surface area contributed by atoms with Crippen LogP contribution in [0.3, 0.4) is 0 Å². The van der Waals surface area contributed by atoms with E-state index >= 15 is 0 Å². The van der Waals surface area contributed by atoms with E-state index in [9.17, 15) is 19.5 Å². The Kier molecular flexibility index (Phi) is 15.5. The second-order valence-electron chi connectivity index (χ2n) is 8.82. The van der Waals surface area contributed by atoms with Gasteiger partial charge >= 0.3 is 5.97 Å². The summed E-state index contributed by atoms with van der Waals surface area (Å²) in [7, 11) is 0. The summed E-state index contributed by atoms with van der Waals surface area (Å²) in [5.74, 6) is -1.06. The fourth-order valence-corrected chi connectivity index (χ4v) is 3.92. The number of carbonyl (C=O) groups is 3. The first-order valence-corrected chi connectivity index (χ1v) is 12.4. The van der Waals surface area contributed by atoms with Crippen LogP contribution in [0.25, 0.3) is 0 Å². The molecule has 0 aliphatic rings. The highest BCUT2D eigenvalue weighted by Gasteiger charge is 2.27. The van der Waals surface area contributed by atoms with Crippen molar-refractivity contribution in [2.45, 2.75) is 86.2 Å². The van der Waals surface area contributed by atoms with Crippen LogP contribution in [0, 0.1) is 5.92 Å². The van der Waals surface area contributed by atoms with Crippen LogP contribution in [-0.2, 0) is 14.4 Å². The molecule has 3 N–H and O–H groups in total. The predicted molar refractivity (Wildman–Crippen MR) is 135 cm³/mol. The molecule has 0 bridgehead atoms. The molecule has 0 saturated heterocycles. The maximum atomic E-state index is 12.4. The third-order valence-electron chi connectivity index (χ3n) is 4.88. The van der Waals surface area contributed by atoms with Crippen LogP contribution in [-0.4, -0.2) is 46.5 Å². The van der Waals surface area contributed by atoms with Crippen LogP contribution in [0.5, 0.6) is 0 Å². The third kappa shape index (κ3) is 14.9. The van der Waals surface area contributed by atoms with Crippen LogP contribution in [0.2, 0.25) is 0 Å². The summed E-state index contributed by atoms with van der Waals surface area (Å²) in [4.78, 5) is 35.3. The topological polar surface area (TPSA) is 95.5 Å². The SMILES string of the molecule is CC(=O)N[C@H](C(=O)N[C@@H](CSC/C=C(\C)CC/C=C(\C)CCC=C(C)C)C(=O)O)C(C)C. The molecule has 0 aromatic heterocycles. The Morgan fingerprint density at radius 1 is 0.875 bits per heavy atom. The molecule has 0 aromatic carbocycles. The number of carboxylic acids is 1. The molecule has 0 fully saturated rings. The summed E-state index contributed by atoms with van der Waals surface area (Å²) in [6, 6.07) is -1.75. The van der Waals surface area contributed by atoms with Gasteiger partial charge in [0.05, 0.1) is 0 Å². The molecule has 0 spiro atoms. The smallest absolute Gasteiger partial charge is 0.327 e. The second kappa shape index (κ2) is 16.6. The van der Waals surface area contributed by atoms with Gasteiger partial charge in [0, 0.05) is 18.4 Å². The number of allylic oxidation sites excluding steroid dienone is 5. The first kappa shape index (κ1) is 30.0.